The van der Waals surface area contributed by atoms with E-state index in [9.17, 15) is 24.9 Å². The molecule has 0 radical (unpaired) electrons. The Hall–Kier alpha value is -1.92. The first kappa shape index (κ1) is 17.1. The molecule has 2 N–H and O–H groups in total. The lowest BCUT2D eigenvalue weighted by Crippen LogP contribution is -2.56. The van der Waals surface area contributed by atoms with Gasteiger partial charge in [0.25, 0.3) is 0 Å². The molecular weight excluding hydrogens is 274 g/mol. The van der Waals surface area contributed by atoms with E-state index in [-0.39, 0.29) is 23.2 Å². The predicted molar refractivity (Wildman–Crippen MR) is 74.3 cm³/mol. The van der Waals surface area contributed by atoms with Crippen molar-refractivity contribution in [3.63, 3.8) is 0 Å². The molecule has 1 atom stereocenters. The number of likely N-dealkylation sites (N-methyl/N-ethyl adjacent to an activating group) is 1. The summed E-state index contributed by atoms with van der Waals surface area (Å²) in [7, 11) is 5.27. The van der Waals surface area contributed by atoms with Crippen LogP contribution in [-0.2, 0) is 16.0 Å². The molecule has 1 rings (SSSR count). The van der Waals surface area contributed by atoms with Gasteiger partial charge < -0.3 is 24.6 Å². The molecule has 21 heavy (non-hydrogen) atoms. The van der Waals surface area contributed by atoms with Gasteiger partial charge in [0.2, 0.25) is 0 Å². The van der Waals surface area contributed by atoms with Crippen LogP contribution in [0.4, 0.5) is 0 Å². The molecule has 6 heteroatoms. The summed E-state index contributed by atoms with van der Waals surface area (Å²) in [5.74, 6) is -1.97. The van der Waals surface area contributed by atoms with E-state index >= 15 is 0 Å². The molecule has 1 aromatic rings. The van der Waals surface area contributed by atoms with Crippen LogP contribution in [0.25, 0.3) is 0 Å². The molecule has 0 saturated heterocycles. The van der Waals surface area contributed by atoms with E-state index < -0.39 is 23.8 Å². The Labute approximate surface area is 123 Å². The zero-order chi connectivity index (χ0) is 16.3. The van der Waals surface area contributed by atoms with E-state index in [2.05, 4.69) is 0 Å². The van der Waals surface area contributed by atoms with Gasteiger partial charge in [-0.25, -0.2) is 0 Å². The van der Waals surface area contributed by atoms with Crippen molar-refractivity contribution in [3.8, 4) is 5.75 Å². The monoisotopic (exact) mass is 295 g/mol. The van der Waals surface area contributed by atoms with E-state index in [1.165, 1.54) is 12.1 Å². The maximum absolute atomic E-state index is 12.3. The minimum absolute atomic E-state index is 0.0299. The zero-order valence-corrected chi connectivity index (χ0v) is 12.5. The van der Waals surface area contributed by atoms with Crippen LogP contribution in [0.1, 0.15) is 12.0 Å². The molecule has 0 amide bonds. The van der Waals surface area contributed by atoms with Crippen LogP contribution in [-0.4, -0.2) is 59.7 Å². The van der Waals surface area contributed by atoms with E-state index in [0.29, 0.717) is 5.56 Å². The van der Waals surface area contributed by atoms with Gasteiger partial charge in [-0.3, -0.25) is 4.79 Å². The van der Waals surface area contributed by atoms with E-state index in [1.54, 1.807) is 33.3 Å². The normalized spacial score (nSPS) is 14.5. The number of quaternary nitrogens is 1. The van der Waals surface area contributed by atoms with Crippen LogP contribution >= 0.6 is 0 Å². The van der Waals surface area contributed by atoms with Crippen molar-refractivity contribution in [3.05, 3.63) is 29.8 Å². The molecule has 0 fully saturated rings. The summed E-state index contributed by atoms with van der Waals surface area (Å²) in [5, 5.41) is 30.5. The second-order valence-corrected chi connectivity index (χ2v) is 6.30. The van der Waals surface area contributed by atoms with Crippen molar-refractivity contribution >= 4 is 11.8 Å². The zero-order valence-electron chi connectivity index (χ0n) is 12.5. The van der Waals surface area contributed by atoms with E-state index in [0.717, 1.165) is 0 Å². The molecule has 1 aromatic carbocycles. The van der Waals surface area contributed by atoms with Gasteiger partial charge in [0.05, 0.1) is 21.1 Å². The molecule has 0 saturated carbocycles. The highest BCUT2D eigenvalue weighted by Gasteiger charge is 2.40. The number of aromatic hydroxyl groups is 1. The van der Waals surface area contributed by atoms with Gasteiger partial charge >= 0.3 is 0 Å². The number of aliphatic carboxylic acids is 1. The Bertz CT molecular complexity index is 518. The Morgan fingerprint density at radius 1 is 1.19 bits per heavy atom. The molecule has 0 aromatic heterocycles. The van der Waals surface area contributed by atoms with Gasteiger partial charge in [-0.1, -0.05) is 12.1 Å². The highest BCUT2D eigenvalue weighted by Crippen LogP contribution is 2.19. The van der Waals surface area contributed by atoms with Crippen molar-refractivity contribution in [1.29, 1.82) is 0 Å². The van der Waals surface area contributed by atoms with Crippen molar-refractivity contribution < 1.29 is 29.4 Å². The number of carbonyl (C=O) groups is 2. The standard InChI is InChI=1S/C15H21NO5/c1-16(2,3)10-15(21,9-14(19)20)13(18)8-11-4-6-12(17)7-5-11/h4-7,21H,8-10H2,1-3H3,(H-,17,19,20). The number of hydrogen-bond donors (Lipinski definition) is 2. The summed E-state index contributed by atoms with van der Waals surface area (Å²) < 4.78 is 0.241. The lowest BCUT2D eigenvalue weighted by atomic mass is 9.89. The van der Waals surface area contributed by atoms with Crippen LogP contribution < -0.4 is 5.11 Å². The van der Waals surface area contributed by atoms with Crippen LogP contribution in [0.3, 0.4) is 0 Å². The fourth-order valence-corrected chi connectivity index (χ4v) is 2.23. The number of phenols is 1. The second kappa shape index (κ2) is 6.24. The summed E-state index contributed by atoms with van der Waals surface area (Å²) in [5.41, 5.74) is -1.38. The minimum atomic E-state index is -1.98. The summed E-state index contributed by atoms with van der Waals surface area (Å²) in [6.45, 7) is -0.0299. The van der Waals surface area contributed by atoms with Crippen LogP contribution in [0.15, 0.2) is 24.3 Å². The number of nitrogens with zero attached hydrogens (tertiary/aromatic N) is 1. The number of carboxylic acids is 1. The molecule has 6 nitrogen and oxygen atoms in total. The molecule has 1 unspecified atom stereocenters. The molecule has 0 aliphatic heterocycles. The molecule has 0 aliphatic carbocycles. The molecule has 0 spiro atoms. The first-order chi connectivity index (χ1) is 9.52. The van der Waals surface area contributed by atoms with Crippen molar-refractivity contribution in [2.45, 2.75) is 18.4 Å². The lowest BCUT2D eigenvalue weighted by molar-refractivity contribution is -0.875. The third kappa shape index (κ3) is 5.53. The summed E-state index contributed by atoms with van der Waals surface area (Å²) in [6, 6.07) is 5.97. The van der Waals surface area contributed by atoms with Gasteiger partial charge in [0.15, 0.2) is 11.4 Å². The number of benzene rings is 1. The van der Waals surface area contributed by atoms with Gasteiger partial charge in [-0.05, 0) is 17.7 Å². The van der Waals surface area contributed by atoms with Gasteiger partial charge in [0, 0.05) is 18.8 Å². The highest BCUT2D eigenvalue weighted by molar-refractivity contribution is 5.92. The molecule has 0 bridgehead atoms. The molecule has 116 valence electrons. The smallest absolute Gasteiger partial charge is 0.177 e. The number of Topliss-reactive ketones (excluding diaryl/α,β-unsaturated/α-hetero) is 1. The summed E-state index contributed by atoms with van der Waals surface area (Å²) in [4.78, 5) is 23.2. The fraction of sp³-hybridized carbons (Fsp3) is 0.467. The maximum Gasteiger partial charge on any atom is 0.177 e. The SMILES string of the molecule is C[N+](C)(C)CC(O)(CC(=O)[O-])C(=O)Cc1ccc(O)cc1. The number of aliphatic hydroxyl groups is 1. The van der Waals surface area contributed by atoms with Crippen LogP contribution in [0.2, 0.25) is 0 Å². The van der Waals surface area contributed by atoms with Crippen LogP contribution in [0, 0.1) is 0 Å². The first-order valence-corrected chi connectivity index (χ1v) is 6.56. The summed E-state index contributed by atoms with van der Waals surface area (Å²) in [6.07, 6.45) is -0.844. The molecule has 0 aliphatic rings. The summed E-state index contributed by atoms with van der Waals surface area (Å²) >= 11 is 0. The van der Waals surface area contributed by atoms with E-state index in [4.69, 9.17) is 0 Å². The molecular formula is C15H21NO5. The fourth-order valence-electron chi connectivity index (χ4n) is 2.23. The van der Waals surface area contributed by atoms with Gasteiger partial charge in [-0.2, -0.15) is 0 Å². The van der Waals surface area contributed by atoms with Crippen LogP contribution in [0.5, 0.6) is 5.75 Å². The maximum atomic E-state index is 12.3. The largest absolute Gasteiger partial charge is 0.550 e. The predicted octanol–water partition coefficient (Wildman–Crippen LogP) is -0.919. The average molecular weight is 295 g/mol. The first-order valence-electron chi connectivity index (χ1n) is 6.56. The minimum Gasteiger partial charge on any atom is -0.550 e. The topological polar surface area (TPSA) is 97.7 Å². The Kier molecular flexibility index (Phi) is 5.09. The number of carbonyl (C=O) groups excluding carboxylic acids is 2. The van der Waals surface area contributed by atoms with Crippen molar-refractivity contribution in [2.24, 2.45) is 0 Å². The Balaban J connectivity index is 2.94. The van der Waals surface area contributed by atoms with Gasteiger partial charge in [0.1, 0.15) is 12.3 Å². The Morgan fingerprint density at radius 2 is 1.71 bits per heavy atom. The number of ketones is 1. The number of phenolic OH excluding ortho intramolecular Hbond substituents is 1. The third-order valence-corrected chi connectivity index (χ3v) is 2.99. The average Bonchev–Trinajstić information content (AvgIpc) is 2.28. The van der Waals surface area contributed by atoms with Crippen molar-refractivity contribution in [1.82, 2.24) is 0 Å². The lowest BCUT2D eigenvalue weighted by Gasteiger charge is -2.34. The van der Waals surface area contributed by atoms with E-state index in [1.807, 2.05) is 0 Å². The third-order valence-electron chi connectivity index (χ3n) is 2.99. The Morgan fingerprint density at radius 3 is 2.14 bits per heavy atom. The quantitative estimate of drug-likeness (QED) is 0.634. The molecule has 0 heterocycles. The number of rotatable bonds is 7. The number of carboxylic acid groups (broad SMARTS) is 1. The highest BCUT2D eigenvalue weighted by atomic mass is 16.4. The van der Waals surface area contributed by atoms with Crippen molar-refractivity contribution in [2.75, 3.05) is 27.7 Å². The van der Waals surface area contributed by atoms with Gasteiger partial charge in [-0.15, -0.1) is 0 Å². The number of hydrogen-bond acceptors (Lipinski definition) is 5. The second-order valence-electron chi connectivity index (χ2n) is 6.30.